The Balaban J connectivity index is 0.00000306. The number of urea groups is 1. The Kier molecular flexibility index (Phi) is 7.69. The smallest absolute Gasteiger partial charge is 0.319 e. The van der Waals surface area contributed by atoms with E-state index in [0.29, 0.717) is 11.5 Å². The highest BCUT2D eigenvalue weighted by Gasteiger charge is 2.50. The van der Waals surface area contributed by atoms with E-state index in [1.807, 2.05) is 6.07 Å². The Bertz CT molecular complexity index is 1010. The van der Waals surface area contributed by atoms with E-state index in [1.165, 1.54) is 5.56 Å². The molecule has 2 aliphatic rings. The van der Waals surface area contributed by atoms with Gasteiger partial charge in [0.1, 0.15) is 11.6 Å². The van der Waals surface area contributed by atoms with Crippen LogP contribution in [0, 0.1) is 11.6 Å². The third-order valence-corrected chi connectivity index (χ3v) is 7.00. The lowest BCUT2D eigenvalue weighted by Gasteiger charge is -2.45. The minimum Gasteiger partial charge on any atom is -0.493 e. The summed E-state index contributed by atoms with van der Waals surface area (Å²) in [5.41, 5.74) is 1.02. The first-order valence-electron chi connectivity index (χ1n) is 10.8. The molecule has 2 amide bonds. The van der Waals surface area contributed by atoms with Gasteiger partial charge in [-0.3, -0.25) is 0 Å². The largest absolute Gasteiger partial charge is 0.493 e. The monoisotopic (exact) mass is 481 g/mol. The summed E-state index contributed by atoms with van der Waals surface area (Å²) in [6.45, 7) is 0.965. The van der Waals surface area contributed by atoms with Crippen LogP contribution >= 0.6 is 12.4 Å². The number of nitrogens with one attached hydrogen (secondary N) is 2. The maximum absolute atomic E-state index is 13.9. The Morgan fingerprint density at radius 1 is 1.09 bits per heavy atom. The van der Waals surface area contributed by atoms with Gasteiger partial charge < -0.3 is 25.0 Å². The highest BCUT2D eigenvalue weighted by atomic mass is 35.5. The van der Waals surface area contributed by atoms with Crippen LogP contribution < -0.4 is 20.1 Å². The SMILES string of the molecule is COc1ccc(C23CCC(NC(=O)Nc4cc(F)ccc4F)CC2N(C)CC3)cc1OC.Cl. The van der Waals surface area contributed by atoms with E-state index in [1.54, 1.807) is 14.2 Å². The average molecular weight is 482 g/mol. The minimum absolute atomic E-state index is 0. The van der Waals surface area contributed by atoms with E-state index in [9.17, 15) is 13.6 Å². The molecule has 2 aromatic carbocycles. The summed E-state index contributed by atoms with van der Waals surface area (Å²) >= 11 is 0. The molecule has 1 heterocycles. The second-order valence-electron chi connectivity index (χ2n) is 8.67. The molecule has 3 atom stereocenters. The first-order valence-corrected chi connectivity index (χ1v) is 10.8. The number of halogens is 3. The van der Waals surface area contributed by atoms with Crippen molar-refractivity contribution in [1.29, 1.82) is 0 Å². The zero-order valence-corrected chi connectivity index (χ0v) is 19.8. The molecule has 1 aliphatic heterocycles. The topological polar surface area (TPSA) is 62.8 Å². The highest BCUT2D eigenvalue weighted by Crippen LogP contribution is 2.49. The van der Waals surface area contributed by atoms with Crippen LogP contribution in [-0.4, -0.2) is 50.8 Å². The van der Waals surface area contributed by atoms with Crippen LogP contribution in [-0.2, 0) is 5.41 Å². The number of anilines is 1. The number of amides is 2. The molecule has 0 spiro atoms. The van der Waals surface area contributed by atoms with Crippen LogP contribution in [0.25, 0.3) is 0 Å². The van der Waals surface area contributed by atoms with Crippen LogP contribution in [0.3, 0.4) is 0 Å². The second kappa shape index (κ2) is 10.1. The molecule has 2 N–H and O–H groups in total. The molecule has 2 aromatic rings. The minimum atomic E-state index is -0.673. The summed E-state index contributed by atoms with van der Waals surface area (Å²) in [6, 6.07) is 8.76. The van der Waals surface area contributed by atoms with Crippen molar-refractivity contribution in [3.8, 4) is 11.5 Å². The van der Waals surface area contributed by atoms with Gasteiger partial charge in [-0.25, -0.2) is 13.6 Å². The molecule has 0 radical (unpaired) electrons. The Hall–Kier alpha value is -2.58. The lowest BCUT2D eigenvalue weighted by molar-refractivity contribution is 0.156. The number of methoxy groups -OCH3 is 2. The van der Waals surface area contributed by atoms with Crippen molar-refractivity contribution in [1.82, 2.24) is 10.2 Å². The molecule has 1 saturated carbocycles. The van der Waals surface area contributed by atoms with Gasteiger partial charge in [-0.1, -0.05) is 6.07 Å². The number of rotatable bonds is 5. The molecular formula is C24H30ClF2N3O3. The predicted octanol–water partition coefficient (Wildman–Crippen LogP) is 4.72. The fourth-order valence-corrected chi connectivity index (χ4v) is 5.33. The second-order valence-corrected chi connectivity index (χ2v) is 8.67. The molecule has 2 fully saturated rings. The van der Waals surface area contributed by atoms with Crippen molar-refractivity contribution in [3.05, 3.63) is 53.6 Å². The van der Waals surface area contributed by atoms with Gasteiger partial charge in [0.05, 0.1) is 19.9 Å². The van der Waals surface area contributed by atoms with Gasteiger partial charge in [0.2, 0.25) is 0 Å². The third-order valence-electron chi connectivity index (χ3n) is 7.00. The molecule has 3 unspecified atom stereocenters. The summed E-state index contributed by atoms with van der Waals surface area (Å²) in [5.74, 6) is 0.136. The number of carbonyl (C=O) groups is 1. The molecule has 4 rings (SSSR count). The first kappa shape index (κ1) is 25.1. The first-order chi connectivity index (χ1) is 15.4. The van der Waals surface area contributed by atoms with E-state index >= 15 is 0 Å². The molecule has 33 heavy (non-hydrogen) atoms. The van der Waals surface area contributed by atoms with E-state index in [0.717, 1.165) is 50.4 Å². The number of likely N-dealkylation sites (tertiary alicyclic amines) is 1. The number of benzene rings is 2. The molecule has 0 aromatic heterocycles. The van der Waals surface area contributed by atoms with Crippen LogP contribution in [0.2, 0.25) is 0 Å². The normalized spacial score (nSPS) is 24.4. The van der Waals surface area contributed by atoms with E-state index in [4.69, 9.17) is 9.47 Å². The van der Waals surface area contributed by atoms with Gasteiger partial charge in [-0.15, -0.1) is 12.4 Å². The molecule has 6 nitrogen and oxygen atoms in total. The Morgan fingerprint density at radius 3 is 2.58 bits per heavy atom. The number of ether oxygens (including phenoxy) is 2. The van der Waals surface area contributed by atoms with Crippen molar-refractivity contribution in [2.24, 2.45) is 0 Å². The summed E-state index contributed by atoms with van der Waals surface area (Å²) in [5, 5.41) is 5.38. The standard InChI is InChI=1S/C24H29F2N3O3.ClH/c1-29-11-10-24(15-4-7-20(31-2)21(12-15)32-3)9-8-17(14-22(24)29)27-23(30)28-19-13-16(25)5-6-18(19)26;/h4-7,12-13,17,22H,8-11,14H2,1-3H3,(H2,27,28,30);1H. The molecule has 1 aliphatic carbocycles. The van der Waals surface area contributed by atoms with Crippen LogP contribution in [0.5, 0.6) is 11.5 Å². The van der Waals surface area contributed by atoms with E-state index in [-0.39, 0.29) is 35.6 Å². The number of hydrogen-bond acceptors (Lipinski definition) is 4. The predicted molar refractivity (Wildman–Crippen MR) is 126 cm³/mol. The quantitative estimate of drug-likeness (QED) is 0.648. The van der Waals surface area contributed by atoms with Crippen molar-refractivity contribution in [2.45, 2.75) is 43.2 Å². The number of carbonyl (C=O) groups excluding carboxylic acids is 1. The molecule has 180 valence electrons. The van der Waals surface area contributed by atoms with Crippen LogP contribution in [0.1, 0.15) is 31.2 Å². The summed E-state index contributed by atoms with van der Waals surface area (Å²) in [4.78, 5) is 14.8. The van der Waals surface area contributed by atoms with Crippen molar-refractivity contribution >= 4 is 24.1 Å². The Morgan fingerprint density at radius 2 is 1.85 bits per heavy atom. The fourth-order valence-electron chi connectivity index (χ4n) is 5.33. The van der Waals surface area contributed by atoms with Crippen molar-refractivity contribution in [2.75, 3.05) is 33.1 Å². The summed E-state index contributed by atoms with van der Waals surface area (Å²) in [6.07, 6.45) is 3.48. The molecular weight excluding hydrogens is 452 g/mol. The maximum Gasteiger partial charge on any atom is 0.319 e. The molecule has 9 heteroatoms. The zero-order valence-electron chi connectivity index (χ0n) is 19.0. The van der Waals surface area contributed by atoms with Gasteiger partial charge >= 0.3 is 6.03 Å². The van der Waals surface area contributed by atoms with Crippen LogP contribution in [0.4, 0.5) is 19.3 Å². The van der Waals surface area contributed by atoms with Gasteiger partial charge in [0, 0.05) is 23.6 Å². The van der Waals surface area contributed by atoms with Crippen molar-refractivity contribution < 1.29 is 23.0 Å². The molecule has 1 saturated heterocycles. The Labute approximate surface area is 199 Å². The van der Waals surface area contributed by atoms with E-state index < -0.39 is 17.7 Å². The maximum atomic E-state index is 13.9. The number of nitrogens with zero attached hydrogens (tertiary/aromatic N) is 1. The molecule has 0 bridgehead atoms. The van der Waals surface area contributed by atoms with Crippen molar-refractivity contribution in [3.63, 3.8) is 0 Å². The lowest BCUT2D eigenvalue weighted by atomic mass is 9.65. The van der Waals surface area contributed by atoms with Gasteiger partial charge in [-0.2, -0.15) is 0 Å². The van der Waals surface area contributed by atoms with Gasteiger partial charge in [0.25, 0.3) is 0 Å². The van der Waals surface area contributed by atoms with E-state index in [2.05, 4.69) is 34.7 Å². The number of fused-ring (bicyclic) bond motifs is 1. The fraction of sp³-hybridized carbons (Fsp3) is 0.458. The van der Waals surface area contributed by atoms with Gasteiger partial charge in [-0.05, 0) is 69.1 Å². The third kappa shape index (κ3) is 4.87. The summed E-state index contributed by atoms with van der Waals surface area (Å²) < 4.78 is 38.2. The number of likely N-dealkylation sites (N-methyl/N-ethyl adjacent to an activating group) is 1. The average Bonchev–Trinajstić information content (AvgIpc) is 3.13. The number of hydrogen-bond donors (Lipinski definition) is 2. The zero-order chi connectivity index (χ0) is 22.9. The highest BCUT2D eigenvalue weighted by molar-refractivity contribution is 5.89. The summed E-state index contributed by atoms with van der Waals surface area (Å²) in [7, 11) is 5.37. The lowest BCUT2D eigenvalue weighted by Crippen LogP contribution is -2.52. The van der Waals surface area contributed by atoms with Gasteiger partial charge in [0.15, 0.2) is 11.5 Å². The van der Waals surface area contributed by atoms with Crippen LogP contribution in [0.15, 0.2) is 36.4 Å².